The van der Waals surface area contributed by atoms with Crippen LogP contribution in [-0.2, 0) is 6.54 Å². The standard InChI is InChI=1S/C12H20ClN3O/c1-4-5-6-14-10-7-15-16(8-9(2)3)12(17)11(10)13/h7,9,14H,4-6,8H2,1-3H3. The van der Waals surface area contributed by atoms with Crippen LogP contribution in [-0.4, -0.2) is 16.3 Å². The molecule has 0 bridgehead atoms. The quantitative estimate of drug-likeness (QED) is 0.797. The molecule has 0 spiro atoms. The van der Waals surface area contributed by atoms with Crippen LogP contribution in [0.25, 0.3) is 0 Å². The number of nitrogens with one attached hydrogen (secondary N) is 1. The van der Waals surface area contributed by atoms with Gasteiger partial charge in [-0.1, -0.05) is 38.8 Å². The lowest BCUT2D eigenvalue weighted by molar-refractivity contribution is 0.464. The molecule has 0 radical (unpaired) electrons. The molecule has 0 unspecified atom stereocenters. The molecule has 5 heteroatoms. The van der Waals surface area contributed by atoms with Gasteiger partial charge in [-0.15, -0.1) is 0 Å². The van der Waals surface area contributed by atoms with Crippen LogP contribution in [0.2, 0.25) is 5.02 Å². The highest BCUT2D eigenvalue weighted by molar-refractivity contribution is 6.32. The van der Waals surface area contributed by atoms with Crippen molar-refractivity contribution < 1.29 is 0 Å². The van der Waals surface area contributed by atoms with Crippen molar-refractivity contribution >= 4 is 17.3 Å². The summed E-state index contributed by atoms with van der Waals surface area (Å²) in [7, 11) is 0. The molecule has 0 saturated carbocycles. The maximum absolute atomic E-state index is 11.9. The number of nitrogens with zero attached hydrogens (tertiary/aromatic N) is 2. The van der Waals surface area contributed by atoms with Gasteiger partial charge in [-0.25, -0.2) is 4.68 Å². The zero-order chi connectivity index (χ0) is 12.8. The Labute approximate surface area is 107 Å². The normalized spacial score (nSPS) is 10.9. The average Bonchev–Trinajstić information content (AvgIpc) is 2.28. The Balaban J connectivity index is 2.83. The van der Waals surface area contributed by atoms with E-state index < -0.39 is 0 Å². The molecular formula is C12H20ClN3O. The topological polar surface area (TPSA) is 46.9 Å². The Morgan fingerprint density at radius 2 is 2.24 bits per heavy atom. The van der Waals surface area contributed by atoms with Crippen molar-refractivity contribution in [2.45, 2.75) is 40.2 Å². The van der Waals surface area contributed by atoms with Gasteiger partial charge < -0.3 is 5.32 Å². The predicted molar refractivity (Wildman–Crippen MR) is 71.7 cm³/mol. The minimum atomic E-state index is -0.220. The molecule has 0 fully saturated rings. The van der Waals surface area contributed by atoms with Crippen LogP contribution in [0.1, 0.15) is 33.6 Å². The number of rotatable bonds is 6. The van der Waals surface area contributed by atoms with Gasteiger partial charge in [0.25, 0.3) is 5.56 Å². The molecule has 1 rings (SSSR count). The fourth-order valence-electron chi connectivity index (χ4n) is 1.46. The summed E-state index contributed by atoms with van der Waals surface area (Å²) in [6.45, 7) is 7.59. The minimum absolute atomic E-state index is 0.220. The third kappa shape index (κ3) is 4.04. The van der Waals surface area contributed by atoms with Gasteiger partial charge in [-0.2, -0.15) is 5.10 Å². The van der Waals surface area contributed by atoms with Gasteiger partial charge in [0.05, 0.1) is 11.9 Å². The monoisotopic (exact) mass is 257 g/mol. The van der Waals surface area contributed by atoms with Crippen LogP contribution in [0.4, 0.5) is 5.69 Å². The number of anilines is 1. The van der Waals surface area contributed by atoms with E-state index in [4.69, 9.17) is 11.6 Å². The molecule has 4 nitrogen and oxygen atoms in total. The van der Waals surface area contributed by atoms with E-state index >= 15 is 0 Å². The predicted octanol–water partition coefficient (Wildman–Crippen LogP) is 2.76. The van der Waals surface area contributed by atoms with Gasteiger partial charge in [0.2, 0.25) is 0 Å². The Kier molecular flexibility index (Phi) is 5.48. The first-order chi connectivity index (χ1) is 8.06. The zero-order valence-electron chi connectivity index (χ0n) is 10.7. The maximum atomic E-state index is 11.9. The van der Waals surface area contributed by atoms with Crippen molar-refractivity contribution in [3.8, 4) is 0 Å². The highest BCUT2D eigenvalue weighted by atomic mass is 35.5. The summed E-state index contributed by atoms with van der Waals surface area (Å²) in [5.41, 5.74) is 0.409. The molecule has 0 aromatic carbocycles. The van der Waals surface area contributed by atoms with Crippen molar-refractivity contribution in [3.05, 3.63) is 21.6 Å². The number of hydrogen-bond donors (Lipinski definition) is 1. The first kappa shape index (κ1) is 14.0. The number of halogens is 1. The fourth-order valence-corrected chi connectivity index (χ4v) is 1.68. The van der Waals surface area contributed by atoms with Gasteiger partial charge in [0, 0.05) is 13.1 Å². The molecule has 0 aliphatic rings. The Morgan fingerprint density at radius 3 is 2.82 bits per heavy atom. The van der Waals surface area contributed by atoms with Crippen molar-refractivity contribution in [2.75, 3.05) is 11.9 Å². The van der Waals surface area contributed by atoms with E-state index in [1.165, 1.54) is 4.68 Å². The highest BCUT2D eigenvalue weighted by Gasteiger charge is 2.09. The summed E-state index contributed by atoms with van der Waals surface area (Å²) in [6, 6.07) is 0. The summed E-state index contributed by atoms with van der Waals surface area (Å²) in [5, 5.41) is 7.48. The largest absolute Gasteiger partial charge is 0.382 e. The fraction of sp³-hybridized carbons (Fsp3) is 0.667. The highest BCUT2D eigenvalue weighted by Crippen LogP contribution is 2.15. The van der Waals surface area contributed by atoms with Gasteiger partial charge in [0.15, 0.2) is 0 Å². The summed E-state index contributed by atoms with van der Waals surface area (Å²) in [6.07, 6.45) is 3.77. The second kappa shape index (κ2) is 6.64. The van der Waals surface area contributed by atoms with Crippen LogP contribution in [0, 0.1) is 5.92 Å². The number of unbranched alkanes of at least 4 members (excludes halogenated alkanes) is 1. The van der Waals surface area contributed by atoms with Crippen LogP contribution < -0.4 is 10.9 Å². The molecule has 1 aromatic rings. The molecular weight excluding hydrogens is 238 g/mol. The van der Waals surface area contributed by atoms with E-state index in [1.807, 2.05) is 13.8 Å². The van der Waals surface area contributed by atoms with E-state index in [2.05, 4.69) is 17.3 Å². The molecule has 1 N–H and O–H groups in total. The van der Waals surface area contributed by atoms with E-state index in [0.29, 0.717) is 18.2 Å². The lowest BCUT2D eigenvalue weighted by Gasteiger charge is -2.11. The molecule has 0 aliphatic heterocycles. The first-order valence-corrected chi connectivity index (χ1v) is 6.43. The molecule has 0 amide bonds. The molecule has 0 saturated heterocycles. The molecule has 1 heterocycles. The molecule has 0 aliphatic carbocycles. The summed E-state index contributed by atoms with van der Waals surface area (Å²) in [4.78, 5) is 11.9. The van der Waals surface area contributed by atoms with Crippen molar-refractivity contribution in [1.82, 2.24) is 9.78 Å². The first-order valence-electron chi connectivity index (χ1n) is 6.05. The second-order valence-corrected chi connectivity index (χ2v) is 4.91. The molecule has 96 valence electrons. The maximum Gasteiger partial charge on any atom is 0.287 e. The SMILES string of the molecule is CCCCNc1cnn(CC(C)C)c(=O)c1Cl. The van der Waals surface area contributed by atoms with E-state index in [0.717, 1.165) is 19.4 Å². The molecule has 0 atom stereocenters. The minimum Gasteiger partial charge on any atom is -0.382 e. The van der Waals surface area contributed by atoms with E-state index in [1.54, 1.807) is 6.20 Å². The van der Waals surface area contributed by atoms with Crippen LogP contribution in [0.5, 0.6) is 0 Å². The van der Waals surface area contributed by atoms with Gasteiger partial charge in [-0.3, -0.25) is 4.79 Å². The van der Waals surface area contributed by atoms with Crippen molar-refractivity contribution in [1.29, 1.82) is 0 Å². The number of hydrogen-bond acceptors (Lipinski definition) is 3. The zero-order valence-corrected chi connectivity index (χ0v) is 11.4. The average molecular weight is 258 g/mol. The smallest absolute Gasteiger partial charge is 0.287 e. The lowest BCUT2D eigenvalue weighted by atomic mass is 10.2. The Hall–Kier alpha value is -1.03. The summed E-state index contributed by atoms with van der Waals surface area (Å²) in [5.74, 6) is 0.371. The van der Waals surface area contributed by atoms with Crippen molar-refractivity contribution in [3.63, 3.8) is 0 Å². The van der Waals surface area contributed by atoms with Gasteiger partial charge in [0.1, 0.15) is 5.02 Å². The van der Waals surface area contributed by atoms with Gasteiger partial charge in [-0.05, 0) is 12.3 Å². The Bertz CT molecular complexity index is 415. The Morgan fingerprint density at radius 1 is 1.53 bits per heavy atom. The second-order valence-electron chi connectivity index (χ2n) is 4.53. The summed E-state index contributed by atoms with van der Waals surface area (Å²) < 4.78 is 1.41. The molecule has 1 aromatic heterocycles. The molecule has 17 heavy (non-hydrogen) atoms. The van der Waals surface area contributed by atoms with Crippen molar-refractivity contribution in [2.24, 2.45) is 5.92 Å². The third-order valence-corrected chi connectivity index (χ3v) is 2.73. The van der Waals surface area contributed by atoms with Crippen LogP contribution in [0.15, 0.2) is 11.0 Å². The lowest BCUT2D eigenvalue weighted by Crippen LogP contribution is -2.26. The van der Waals surface area contributed by atoms with Crippen LogP contribution >= 0.6 is 11.6 Å². The van der Waals surface area contributed by atoms with E-state index in [9.17, 15) is 4.79 Å². The number of aromatic nitrogens is 2. The van der Waals surface area contributed by atoms with Gasteiger partial charge >= 0.3 is 0 Å². The summed E-state index contributed by atoms with van der Waals surface area (Å²) >= 11 is 6.02. The van der Waals surface area contributed by atoms with E-state index in [-0.39, 0.29) is 10.6 Å². The van der Waals surface area contributed by atoms with Crippen LogP contribution in [0.3, 0.4) is 0 Å². The third-order valence-electron chi connectivity index (χ3n) is 2.37.